The SMILES string of the molecule is CC1(C)c2ccc(-c3ccc4ccccc4c3)cc2-c2ccc(N(c3ccc(C4CC5CCC4C5)cc3)c3cccc4cccc(C5CCCCC5)c34)cc21. The van der Waals surface area contributed by atoms with Crippen molar-refractivity contribution in [3.05, 3.63) is 162 Å². The largest absolute Gasteiger partial charge is 0.310 e. The van der Waals surface area contributed by atoms with Crippen LogP contribution in [0.2, 0.25) is 0 Å². The van der Waals surface area contributed by atoms with Crippen LogP contribution in [0, 0.1) is 11.8 Å². The Kier molecular flexibility index (Phi) is 7.84. The lowest BCUT2D eigenvalue weighted by Crippen LogP contribution is -2.17. The molecule has 1 nitrogen and oxygen atoms in total. The van der Waals surface area contributed by atoms with E-state index in [1.807, 2.05) is 0 Å². The van der Waals surface area contributed by atoms with Crippen LogP contribution in [-0.4, -0.2) is 0 Å². The molecule has 4 aliphatic carbocycles. The van der Waals surface area contributed by atoms with Gasteiger partial charge in [-0.15, -0.1) is 0 Å². The molecule has 4 aliphatic rings. The Morgan fingerprint density at radius 3 is 2.07 bits per heavy atom. The minimum absolute atomic E-state index is 0.119. The molecule has 3 fully saturated rings. The number of benzene rings is 7. The topological polar surface area (TPSA) is 3.24 Å². The van der Waals surface area contributed by atoms with Crippen molar-refractivity contribution in [1.29, 1.82) is 0 Å². The molecular weight excluding hydrogens is 663 g/mol. The fourth-order valence-electron chi connectivity index (χ4n) is 11.7. The molecule has 3 unspecified atom stereocenters. The van der Waals surface area contributed by atoms with Crippen LogP contribution < -0.4 is 4.90 Å². The summed E-state index contributed by atoms with van der Waals surface area (Å²) in [6.07, 6.45) is 12.3. The monoisotopic (exact) mass is 713 g/mol. The molecule has 3 saturated carbocycles. The van der Waals surface area contributed by atoms with Crippen molar-refractivity contribution in [2.24, 2.45) is 11.8 Å². The van der Waals surface area contributed by atoms with Crippen LogP contribution in [0.1, 0.15) is 106 Å². The van der Waals surface area contributed by atoms with Gasteiger partial charge in [0.25, 0.3) is 0 Å². The fourth-order valence-corrected chi connectivity index (χ4v) is 11.7. The average Bonchev–Trinajstić information content (AvgIpc) is 3.94. The van der Waals surface area contributed by atoms with Gasteiger partial charge in [0.1, 0.15) is 0 Å². The number of anilines is 3. The third-order valence-electron chi connectivity index (χ3n) is 14.5. The lowest BCUT2D eigenvalue weighted by Gasteiger charge is -2.31. The van der Waals surface area contributed by atoms with E-state index in [1.54, 1.807) is 5.56 Å². The Labute approximate surface area is 327 Å². The van der Waals surface area contributed by atoms with Crippen LogP contribution in [0.5, 0.6) is 0 Å². The molecule has 55 heavy (non-hydrogen) atoms. The minimum Gasteiger partial charge on any atom is -0.310 e. The van der Waals surface area contributed by atoms with Gasteiger partial charge in [0.05, 0.1) is 5.69 Å². The maximum atomic E-state index is 2.60. The number of fused-ring (bicyclic) bond motifs is 7. The van der Waals surface area contributed by atoms with Gasteiger partial charge in [-0.1, -0.05) is 137 Å². The average molecular weight is 714 g/mol. The van der Waals surface area contributed by atoms with Crippen molar-refractivity contribution < 1.29 is 0 Å². The highest BCUT2D eigenvalue weighted by Crippen LogP contribution is 2.55. The van der Waals surface area contributed by atoms with Gasteiger partial charge in [-0.3, -0.25) is 0 Å². The molecule has 0 aromatic heterocycles. The first-order valence-electron chi connectivity index (χ1n) is 21.2. The fraction of sp³-hybridized carbons (Fsp3) is 0.296. The summed E-state index contributed by atoms with van der Waals surface area (Å²) in [5.74, 6) is 3.18. The molecule has 11 rings (SSSR count). The molecular formula is C54H51N. The Hall–Kier alpha value is -5.14. The molecule has 0 aliphatic heterocycles. The van der Waals surface area contributed by atoms with Gasteiger partial charge in [0.2, 0.25) is 0 Å². The first-order chi connectivity index (χ1) is 27.0. The van der Waals surface area contributed by atoms with E-state index in [4.69, 9.17) is 0 Å². The zero-order chi connectivity index (χ0) is 36.7. The van der Waals surface area contributed by atoms with E-state index in [2.05, 4.69) is 158 Å². The summed E-state index contributed by atoms with van der Waals surface area (Å²) in [7, 11) is 0. The normalized spacial score (nSPS) is 21.2. The van der Waals surface area contributed by atoms with Crippen molar-refractivity contribution in [1.82, 2.24) is 0 Å². The molecule has 3 atom stereocenters. The third kappa shape index (κ3) is 5.48. The summed E-state index contributed by atoms with van der Waals surface area (Å²) in [5.41, 5.74) is 14.9. The van der Waals surface area contributed by atoms with Crippen LogP contribution in [0.4, 0.5) is 17.1 Å². The number of nitrogens with zero attached hydrogens (tertiary/aromatic N) is 1. The third-order valence-corrected chi connectivity index (χ3v) is 14.5. The van der Waals surface area contributed by atoms with Gasteiger partial charge in [0.15, 0.2) is 0 Å². The van der Waals surface area contributed by atoms with E-state index >= 15 is 0 Å². The van der Waals surface area contributed by atoms with Crippen molar-refractivity contribution in [2.45, 2.75) is 88.9 Å². The molecule has 272 valence electrons. The standard InChI is InChI=1S/C54H51N/c1-54(2)50-29-24-42(41-21-20-36-10-6-7-13-40(36)32-41)33-49(50)47-28-27-45(34-51(47)54)55(44-25-22-38(23-26-44)48-31-35-18-19-43(48)30-35)52-17-9-15-39-14-8-16-46(53(39)52)37-11-4-3-5-12-37/h6-10,13-17,20-29,32-35,37,43,48H,3-5,11-12,18-19,30-31H2,1-2H3. The van der Waals surface area contributed by atoms with Crippen molar-refractivity contribution in [3.63, 3.8) is 0 Å². The van der Waals surface area contributed by atoms with Crippen LogP contribution in [0.3, 0.4) is 0 Å². The predicted octanol–water partition coefficient (Wildman–Crippen LogP) is 15.4. The molecule has 0 spiro atoms. The van der Waals surface area contributed by atoms with E-state index < -0.39 is 0 Å². The molecule has 0 saturated heterocycles. The van der Waals surface area contributed by atoms with Crippen LogP contribution in [0.25, 0.3) is 43.8 Å². The number of rotatable bonds is 6. The van der Waals surface area contributed by atoms with Gasteiger partial charge in [0, 0.05) is 22.2 Å². The smallest absolute Gasteiger partial charge is 0.0542 e. The highest BCUT2D eigenvalue weighted by molar-refractivity contribution is 6.02. The Bertz CT molecular complexity index is 2580. The van der Waals surface area contributed by atoms with Crippen LogP contribution >= 0.6 is 0 Å². The van der Waals surface area contributed by atoms with Gasteiger partial charge in [-0.25, -0.2) is 0 Å². The molecule has 7 aromatic carbocycles. The van der Waals surface area contributed by atoms with E-state index in [-0.39, 0.29) is 5.41 Å². The second kappa shape index (κ2) is 13.0. The molecule has 0 amide bonds. The van der Waals surface area contributed by atoms with Gasteiger partial charge < -0.3 is 4.90 Å². The summed E-state index contributed by atoms with van der Waals surface area (Å²) < 4.78 is 0. The Balaban J connectivity index is 1.05. The Morgan fingerprint density at radius 2 is 1.27 bits per heavy atom. The van der Waals surface area contributed by atoms with Gasteiger partial charge in [-0.05, 0) is 159 Å². The number of hydrogen-bond donors (Lipinski definition) is 0. The van der Waals surface area contributed by atoms with E-state index in [9.17, 15) is 0 Å². The maximum absolute atomic E-state index is 2.60. The highest BCUT2D eigenvalue weighted by atomic mass is 15.1. The molecule has 0 N–H and O–H groups in total. The van der Waals surface area contributed by atoms with Crippen molar-refractivity contribution in [3.8, 4) is 22.3 Å². The quantitative estimate of drug-likeness (QED) is 0.166. The molecule has 0 radical (unpaired) electrons. The van der Waals surface area contributed by atoms with E-state index in [1.165, 1.54) is 135 Å². The second-order valence-corrected chi connectivity index (χ2v) is 17.9. The summed E-state index contributed by atoms with van der Waals surface area (Å²) in [6, 6.07) is 54.0. The summed E-state index contributed by atoms with van der Waals surface area (Å²) in [6.45, 7) is 4.84. The molecule has 0 heterocycles. The highest BCUT2D eigenvalue weighted by Gasteiger charge is 2.40. The van der Waals surface area contributed by atoms with E-state index in [0.29, 0.717) is 5.92 Å². The predicted molar refractivity (Wildman–Crippen MR) is 233 cm³/mol. The van der Waals surface area contributed by atoms with Crippen molar-refractivity contribution in [2.75, 3.05) is 4.90 Å². The lowest BCUT2D eigenvalue weighted by molar-refractivity contribution is 0.420. The summed E-state index contributed by atoms with van der Waals surface area (Å²) in [5, 5.41) is 5.35. The minimum atomic E-state index is -0.119. The van der Waals surface area contributed by atoms with Crippen molar-refractivity contribution >= 4 is 38.6 Å². The van der Waals surface area contributed by atoms with Crippen LogP contribution in [-0.2, 0) is 5.41 Å². The van der Waals surface area contributed by atoms with Gasteiger partial charge >= 0.3 is 0 Å². The van der Waals surface area contributed by atoms with Gasteiger partial charge in [-0.2, -0.15) is 0 Å². The maximum Gasteiger partial charge on any atom is 0.0542 e. The Morgan fingerprint density at radius 1 is 0.527 bits per heavy atom. The lowest BCUT2D eigenvalue weighted by atomic mass is 9.81. The van der Waals surface area contributed by atoms with Crippen LogP contribution in [0.15, 0.2) is 140 Å². The summed E-state index contributed by atoms with van der Waals surface area (Å²) >= 11 is 0. The first-order valence-corrected chi connectivity index (χ1v) is 21.2. The first kappa shape index (κ1) is 33.2. The second-order valence-electron chi connectivity index (χ2n) is 17.9. The molecule has 2 bridgehead atoms. The number of hydrogen-bond acceptors (Lipinski definition) is 1. The molecule has 1 heteroatoms. The molecule has 7 aromatic rings. The zero-order valence-electron chi connectivity index (χ0n) is 32.4. The zero-order valence-corrected chi connectivity index (χ0v) is 32.4. The summed E-state index contributed by atoms with van der Waals surface area (Å²) in [4.78, 5) is 2.60. The van der Waals surface area contributed by atoms with E-state index in [0.717, 1.165) is 17.8 Å².